The van der Waals surface area contributed by atoms with Crippen LogP contribution in [0.15, 0.2) is 53.4 Å². The lowest BCUT2D eigenvalue weighted by Gasteiger charge is -2.18. The van der Waals surface area contributed by atoms with Gasteiger partial charge in [0.25, 0.3) is 0 Å². The Morgan fingerprint density at radius 1 is 1.12 bits per heavy atom. The summed E-state index contributed by atoms with van der Waals surface area (Å²) >= 11 is 1.43. The molecule has 0 unspecified atom stereocenters. The monoisotopic (exact) mass is 371 g/mol. The van der Waals surface area contributed by atoms with Gasteiger partial charge in [0.05, 0.1) is 11.0 Å². The van der Waals surface area contributed by atoms with Gasteiger partial charge in [-0.05, 0) is 24.3 Å². The summed E-state index contributed by atoms with van der Waals surface area (Å²) in [5, 5.41) is 11.2. The van der Waals surface area contributed by atoms with Crippen molar-refractivity contribution in [2.24, 2.45) is 0 Å². The van der Waals surface area contributed by atoms with E-state index >= 15 is 0 Å². The molecular formula is C16H12F3NO4S. The number of nitrogens with zero attached hydrogens (tertiary/aromatic N) is 1. The van der Waals surface area contributed by atoms with Crippen LogP contribution in [0.3, 0.4) is 0 Å². The Labute approximate surface area is 144 Å². The van der Waals surface area contributed by atoms with E-state index < -0.39 is 27.7 Å². The average Bonchev–Trinajstić information content (AvgIpc) is 3.27. The first-order chi connectivity index (χ1) is 11.8. The molecule has 0 amide bonds. The van der Waals surface area contributed by atoms with Crippen LogP contribution in [0.1, 0.15) is 12.8 Å². The molecule has 0 aliphatic heterocycles. The molecule has 3 rings (SSSR count). The highest BCUT2D eigenvalue weighted by atomic mass is 32.2. The fourth-order valence-electron chi connectivity index (χ4n) is 2.15. The van der Waals surface area contributed by atoms with Gasteiger partial charge in [0, 0.05) is 17.7 Å². The summed E-state index contributed by atoms with van der Waals surface area (Å²) in [7, 11) is 0. The smallest absolute Gasteiger partial charge is 0.469 e. The zero-order valence-electron chi connectivity index (χ0n) is 12.7. The number of hydrogen-bond donors (Lipinski definition) is 0. The molecule has 0 atom stereocenters. The SMILES string of the molecule is O=[N+]([O-])c1cc(OC(F)(F)F)ccc1OC1(Sc2ccccc2)CC1. The summed E-state index contributed by atoms with van der Waals surface area (Å²) in [6.07, 6.45) is -3.55. The lowest BCUT2D eigenvalue weighted by atomic mass is 10.3. The number of alkyl halides is 3. The molecule has 1 fully saturated rings. The third-order valence-electron chi connectivity index (χ3n) is 3.36. The third kappa shape index (κ3) is 4.56. The number of halogens is 3. The predicted octanol–water partition coefficient (Wildman–Crippen LogP) is 5.15. The van der Waals surface area contributed by atoms with Gasteiger partial charge in [-0.15, -0.1) is 13.2 Å². The molecule has 0 aromatic heterocycles. The number of hydrogen-bond acceptors (Lipinski definition) is 5. The molecule has 5 nitrogen and oxygen atoms in total. The van der Waals surface area contributed by atoms with Gasteiger partial charge < -0.3 is 9.47 Å². The van der Waals surface area contributed by atoms with E-state index in [1.54, 1.807) is 0 Å². The Hall–Kier alpha value is -2.42. The largest absolute Gasteiger partial charge is 0.573 e. The van der Waals surface area contributed by atoms with Gasteiger partial charge in [-0.3, -0.25) is 10.1 Å². The van der Waals surface area contributed by atoms with Crippen LogP contribution in [-0.4, -0.2) is 16.2 Å². The van der Waals surface area contributed by atoms with Crippen LogP contribution in [0.2, 0.25) is 0 Å². The topological polar surface area (TPSA) is 61.6 Å². The van der Waals surface area contributed by atoms with E-state index in [0.29, 0.717) is 18.9 Å². The van der Waals surface area contributed by atoms with E-state index in [0.717, 1.165) is 17.0 Å². The van der Waals surface area contributed by atoms with E-state index in [1.165, 1.54) is 11.8 Å². The van der Waals surface area contributed by atoms with Crippen molar-refractivity contribution in [1.29, 1.82) is 0 Å². The zero-order valence-corrected chi connectivity index (χ0v) is 13.5. The minimum absolute atomic E-state index is 0.0829. The predicted molar refractivity (Wildman–Crippen MR) is 84.7 cm³/mol. The number of nitro groups is 1. The number of thioether (sulfide) groups is 1. The maximum atomic E-state index is 12.3. The molecule has 132 valence electrons. The molecule has 2 aromatic rings. The molecule has 0 heterocycles. The normalized spacial score (nSPS) is 15.5. The van der Waals surface area contributed by atoms with Crippen molar-refractivity contribution >= 4 is 17.4 Å². The zero-order chi connectivity index (χ0) is 18.1. The van der Waals surface area contributed by atoms with Crippen LogP contribution in [0.5, 0.6) is 11.5 Å². The lowest BCUT2D eigenvalue weighted by Crippen LogP contribution is -2.17. The van der Waals surface area contributed by atoms with Crippen molar-refractivity contribution < 1.29 is 27.6 Å². The molecular weight excluding hydrogens is 359 g/mol. The second kappa shape index (κ2) is 6.47. The molecule has 9 heteroatoms. The molecule has 1 aliphatic rings. The summed E-state index contributed by atoms with van der Waals surface area (Å²) in [4.78, 5) is 10.7. The number of benzene rings is 2. The molecule has 0 spiro atoms. The van der Waals surface area contributed by atoms with E-state index in [2.05, 4.69) is 4.74 Å². The molecule has 25 heavy (non-hydrogen) atoms. The Kier molecular flexibility index (Phi) is 4.51. The molecule has 0 bridgehead atoms. The standard InChI is InChI=1S/C16H12F3NO4S/c17-16(18,19)23-11-6-7-14(13(10-11)20(21)22)24-15(8-9-15)25-12-4-2-1-3-5-12/h1-7,10H,8-9H2. The summed E-state index contributed by atoms with van der Waals surface area (Å²) in [6.45, 7) is 0. The van der Waals surface area contributed by atoms with Crippen molar-refractivity contribution in [3.8, 4) is 11.5 Å². The van der Waals surface area contributed by atoms with Crippen molar-refractivity contribution in [2.75, 3.05) is 0 Å². The lowest BCUT2D eigenvalue weighted by molar-refractivity contribution is -0.386. The van der Waals surface area contributed by atoms with Gasteiger partial charge in [0.15, 0.2) is 10.7 Å². The fourth-order valence-corrected chi connectivity index (χ4v) is 3.31. The Morgan fingerprint density at radius 3 is 2.36 bits per heavy atom. The first-order valence-electron chi connectivity index (χ1n) is 7.24. The minimum atomic E-state index is -4.92. The van der Waals surface area contributed by atoms with E-state index in [-0.39, 0.29) is 5.75 Å². The molecule has 0 radical (unpaired) electrons. The van der Waals surface area contributed by atoms with Crippen LogP contribution in [-0.2, 0) is 0 Å². The van der Waals surface area contributed by atoms with Gasteiger partial charge in [-0.1, -0.05) is 30.0 Å². The van der Waals surface area contributed by atoms with Gasteiger partial charge in [-0.25, -0.2) is 0 Å². The molecule has 0 N–H and O–H groups in total. The van der Waals surface area contributed by atoms with Gasteiger partial charge in [-0.2, -0.15) is 0 Å². The number of nitro benzene ring substituents is 1. The van der Waals surface area contributed by atoms with Crippen molar-refractivity contribution in [3.05, 3.63) is 58.6 Å². The van der Waals surface area contributed by atoms with Crippen molar-refractivity contribution in [2.45, 2.75) is 29.0 Å². The van der Waals surface area contributed by atoms with Gasteiger partial charge in [0.2, 0.25) is 0 Å². The summed E-state index contributed by atoms with van der Waals surface area (Å²) in [5.41, 5.74) is -0.568. The molecule has 1 aliphatic carbocycles. The average molecular weight is 371 g/mol. The maximum Gasteiger partial charge on any atom is 0.573 e. The first-order valence-corrected chi connectivity index (χ1v) is 8.05. The highest BCUT2D eigenvalue weighted by molar-refractivity contribution is 8.00. The van der Waals surface area contributed by atoms with Crippen LogP contribution in [0.4, 0.5) is 18.9 Å². The summed E-state index contributed by atoms with van der Waals surface area (Å²) in [5.74, 6) is -0.743. The molecule has 2 aromatic carbocycles. The second-order valence-corrected chi connectivity index (χ2v) is 6.78. The highest BCUT2D eigenvalue weighted by Crippen LogP contribution is 2.53. The maximum absolute atomic E-state index is 12.3. The van der Waals surface area contributed by atoms with E-state index in [1.807, 2.05) is 30.3 Å². The van der Waals surface area contributed by atoms with E-state index in [9.17, 15) is 23.3 Å². The third-order valence-corrected chi connectivity index (χ3v) is 4.73. The fraction of sp³-hybridized carbons (Fsp3) is 0.250. The van der Waals surface area contributed by atoms with Crippen LogP contribution in [0, 0.1) is 10.1 Å². The number of ether oxygens (including phenoxy) is 2. The van der Waals surface area contributed by atoms with Crippen LogP contribution < -0.4 is 9.47 Å². The second-order valence-electron chi connectivity index (χ2n) is 5.36. The quantitative estimate of drug-likeness (QED) is 0.399. The van der Waals surface area contributed by atoms with Gasteiger partial charge in [0.1, 0.15) is 5.75 Å². The van der Waals surface area contributed by atoms with Crippen LogP contribution in [0.25, 0.3) is 0 Å². The van der Waals surface area contributed by atoms with Gasteiger partial charge >= 0.3 is 12.0 Å². The summed E-state index contributed by atoms with van der Waals surface area (Å²) in [6, 6.07) is 12.2. The van der Waals surface area contributed by atoms with E-state index in [4.69, 9.17) is 4.74 Å². The minimum Gasteiger partial charge on any atom is -0.469 e. The van der Waals surface area contributed by atoms with Crippen molar-refractivity contribution in [3.63, 3.8) is 0 Å². The number of rotatable bonds is 6. The van der Waals surface area contributed by atoms with Crippen LogP contribution >= 0.6 is 11.8 Å². The Bertz CT molecular complexity index is 779. The molecule has 1 saturated carbocycles. The Balaban J connectivity index is 1.81. The molecule has 0 saturated heterocycles. The highest BCUT2D eigenvalue weighted by Gasteiger charge is 2.48. The summed E-state index contributed by atoms with van der Waals surface area (Å²) < 4.78 is 46.3. The first kappa shape index (κ1) is 17.4. The Morgan fingerprint density at radius 2 is 1.80 bits per heavy atom. The van der Waals surface area contributed by atoms with Crippen molar-refractivity contribution in [1.82, 2.24) is 0 Å².